The summed E-state index contributed by atoms with van der Waals surface area (Å²) in [6.45, 7) is 8.88. The Labute approximate surface area is 98.2 Å². The smallest absolute Gasteiger partial charge is 0.101 e. The van der Waals surface area contributed by atoms with Gasteiger partial charge in [0.25, 0.3) is 0 Å². The van der Waals surface area contributed by atoms with E-state index in [1.54, 1.807) is 0 Å². The molecule has 2 heteroatoms. The Kier molecular flexibility index (Phi) is 3.33. The summed E-state index contributed by atoms with van der Waals surface area (Å²) in [5, 5.41) is 8.89. The van der Waals surface area contributed by atoms with E-state index in [1.807, 2.05) is 0 Å². The van der Waals surface area contributed by atoms with Crippen molar-refractivity contribution >= 4 is 0 Å². The molecule has 86 valence electrons. The number of fused-ring (bicyclic) bond motifs is 1. The van der Waals surface area contributed by atoms with Crippen molar-refractivity contribution in [1.29, 1.82) is 5.26 Å². The average molecular weight is 216 g/mol. The van der Waals surface area contributed by atoms with Gasteiger partial charge in [-0.2, -0.15) is 5.26 Å². The van der Waals surface area contributed by atoms with E-state index in [-0.39, 0.29) is 0 Å². The summed E-state index contributed by atoms with van der Waals surface area (Å²) in [7, 11) is 0. The highest BCUT2D eigenvalue weighted by atomic mass is 15.2. The van der Waals surface area contributed by atoms with Gasteiger partial charge in [0.05, 0.1) is 5.57 Å². The lowest BCUT2D eigenvalue weighted by molar-refractivity contribution is 0.0933. The Bertz CT molecular complexity index is 335. The van der Waals surface area contributed by atoms with E-state index in [0.29, 0.717) is 11.6 Å². The van der Waals surface area contributed by atoms with Gasteiger partial charge in [-0.3, -0.25) is 0 Å². The van der Waals surface area contributed by atoms with E-state index in [2.05, 4.69) is 24.1 Å². The molecule has 2 nitrogen and oxygen atoms in total. The summed E-state index contributed by atoms with van der Waals surface area (Å²) < 4.78 is 0. The summed E-state index contributed by atoms with van der Waals surface area (Å²) in [4.78, 5) is 2.35. The summed E-state index contributed by atoms with van der Waals surface area (Å²) in [5.74, 6) is 0.825. The molecule has 1 heterocycles. The molecule has 2 fully saturated rings. The monoisotopic (exact) mass is 216 g/mol. The van der Waals surface area contributed by atoms with Crippen LogP contribution >= 0.6 is 0 Å². The van der Waals surface area contributed by atoms with Crippen molar-refractivity contribution in [3.63, 3.8) is 0 Å². The minimum absolute atomic E-state index is 0.534. The van der Waals surface area contributed by atoms with Gasteiger partial charge >= 0.3 is 0 Å². The Morgan fingerprint density at radius 1 is 1.12 bits per heavy atom. The summed E-state index contributed by atoms with van der Waals surface area (Å²) in [6.07, 6.45) is 7.91. The molecule has 0 aromatic rings. The molecule has 0 N–H and O–H groups in total. The minimum atomic E-state index is 0.534. The van der Waals surface area contributed by atoms with Crippen LogP contribution in [0.5, 0.6) is 0 Å². The highest BCUT2D eigenvalue weighted by Gasteiger charge is 2.33. The Morgan fingerprint density at radius 3 is 2.56 bits per heavy atom. The molecule has 2 unspecified atom stereocenters. The first-order valence-electron chi connectivity index (χ1n) is 6.29. The van der Waals surface area contributed by atoms with Gasteiger partial charge in [-0.05, 0) is 31.6 Å². The van der Waals surface area contributed by atoms with E-state index >= 15 is 0 Å². The average Bonchev–Trinajstić information content (AvgIpc) is 2.36. The highest BCUT2D eigenvalue weighted by molar-refractivity contribution is 5.37. The standard InChI is InChI=1S/C14H20N2/c1-11(10-15)12(2)16-9-5-7-13-6-3-4-8-14(13)16/h13-14H,1-9H2. The minimum Gasteiger partial charge on any atom is -0.368 e. The molecule has 2 rings (SSSR count). The van der Waals surface area contributed by atoms with Gasteiger partial charge in [0, 0.05) is 18.3 Å². The van der Waals surface area contributed by atoms with Gasteiger partial charge < -0.3 is 4.90 Å². The number of likely N-dealkylation sites (tertiary alicyclic amines) is 1. The van der Waals surface area contributed by atoms with Crippen molar-refractivity contribution < 1.29 is 0 Å². The fraction of sp³-hybridized carbons (Fsp3) is 0.643. The molecule has 2 aliphatic rings. The fourth-order valence-electron chi connectivity index (χ4n) is 3.20. The number of nitrogens with zero attached hydrogens (tertiary/aromatic N) is 2. The third-order valence-corrected chi connectivity index (χ3v) is 4.07. The van der Waals surface area contributed by atoms with Crippen LogP contribution in [0.25, 0.3) is 0 Å². The summed E-state index contributed by atoms with van der Waals surface area (Å²) in [5.41, 5.74) is 1.39. The quantitative estimate of drug-likeness (QED) is 0.523. The second-order valence-corrected chi connectivity index (χ2v) is 4.98. The topological polar surface area (TPSA) is 27.0 Å². The Morgan fingerprint density at radius 2 is 1.81 bits per heavy atom. The second kappa shape index (κ2) is 4.74. The zero-order valence-electron chi connectivity index (χ0n) is 9.91. The molecule has 0 amide bonds. The molecule has 1 saturated carbocycles. The van der Waals surface area contributed by atoms with Gasteiger partial charge in [0.15, 0.2) is 0 Å². The van der Waals surface area contributed by atoms with Crippen LogP contribution in [0.1, 0.15) is 38.5 Å². The molecule has 16 heavy (non-hydrogen) atoms. The van der Waals surface area contributed by atoms with Gasteiger partial charge in [-0.1, -0.05) is 26.0 Å². The van der Waals surface area contributed by atoms with Gasteiger partial charge in [0.2, 0.25) is 0 Å². The van der Waals surface area contributed by atoms with Gasteiger partial charge in [-0.15, -0.1) is 0 Å². The first kappa shape index (κ1) is 11.3. The van der Waals surface area contributed by atoms with Crippen molar-refractivity contribution in [2.24, 2.45) is 5.92 Å². The second-order valence-electron chi connectivity index (χ2n) is 4.98. The van der Waals surface area contributed by atoms with Crippen molar-refractivity contribution in [3.8, 4) is 6.07 Å². The third kappa shape index (κ3) is 2.00. The maximum Gasteiger partial charge on any atom is 0.101 e. The lowest BCUT2D eigenvalue weighted by atomic mass is 9.78. The third-order valence-electron chi connectivity index (χ3n) is 4.07. The molecule has 0 spiro atoms. The van der Waals surface area contributed by atoms with Crippen molar-refractivity contribution in [1.82, 2.24) is 4.90 Å². The Hall–Kier alpha value is -1.23. The van der Waals surface area contributed by atoms with E-state index in [9.17, 15) is 0 Å². The highest BCUT2D eigenvalue weighted by Crippen LogP contribution is 2.37. The maximum absolute atomic E-state index is 8.89. The van der Waals surface area contributed by atoms with E-state index < -0.39 is 0 Å². The molecule has 0 bridgehead atoms. The van der Waals surface area contributed by atoms with Crippen LogP contribution in [0.4, 0.5) is 0 Å². The lowest BCUT2D eigenvalue weighted by Crippen LogP contribution is -2.46. The number of hydrogen-bond acceptors (Lipinski definition) is 2. The molecular formula is C14H20N2. The van der Waals surface area contributed by atoms with E-state index in [4.69, 9.17) is 5.26 Å². The zero-order chi connectivity index (χ0) is 11.5. The van der Waals surface area contributed by atoms with Crippen LogP contribution in [-0.4, -0.2) is 17.5 Å². The van der Waals surface area contributed by atoms with Crippen molar-refractivity contribution in [2.45, 2.75) is 44.6 Å². The molecular weight excluding hydrogens is 196 g/mol. The largest absolute Gasteiger partial charge is 0.368 e. The van der Waals surface area contributed by atoms with E-state index in [1.165, 1.54) is 38.5 Å². The number of allylic oxidation sites excluding steroid dienone is 1. The molecule has 2 atom stereocenters. The molecule has 1 saturated heterocycles. The normalized spacial score (nSPS) is 29.1. The summed E-state index contributed by atoms with van der Waals surface area (Å²) in [6, 6.07) is 2.75. The van der Waals surface area contributed by atoms with Crippen LogP contribution in [0.15, 0.2) is 24.4 Å². The lowest BCUT2D eigenvalue weighted by Gasteiger charge is -2.46. The predicted octanol–water partition coefficient (Wildman–Crippen LogP) is 3.23. The SMILES string of the molecule is C=C(C#N)C(=C)N1CCCC2CCCCC21. The molecule has 1 aliphatic heterocycles. The van der Waals surface area contributed by atoms with Gasteiger partial charge in [0.1, 0.15) is 6.07 Å². The zero-order valence-corrected chi connectivity index (χ0v) is 9.91. The number of hydrogen-bond donors (Lipinski definition) is 0. The van der Waals surface area contributed by atoms with E-state index in [0.717, 1.165) is 18.2 Å². The van der Waals surface area contributed by atoms with Crippen LogP contribution < -0.4 is 0 Å². The first-order valence-corrected chi connectivity index (χ1v) is 6.29. The molecule has 0 aromatic carbocycles. The first-order chi connectivity index (χ1) is 7.74. The van der Waals surface area contributed by atoms with Gasteiger partial charge in [-0.25, -0.2) is 0 Å². The molecule has 1 aliphatic carbocycles. The fourth-order valence-corrected chi connectivity index (χ4v) is 3.20. The molecule has 0 radical (unpaired) electrons. The number of piperidine rings is 1. The number of nitriles is 1. The van der Waals surface area contributed by atoms with Crippen molar-refractivity contribution in [2.75, 3.05) is 6.54 Å². The van der Waals surface area contributed by atoms with Crippen LogP contribution in [-0.2, 0) is 0 Å². The summed E-state index contributed by atoms with van der Waals surface area (Å²) >= 11 is 0. The maximum atomic E-state index is 8.89. The van der Waals surface area contributed by atoms with Crippen molar-refractivity contribution in [3.05, 3.63) is 24.4 Å². The predicted molar refractivity (Wildman–Crippen MR) is 65.6 cm³/mol. The Balaban J connectivity index is 2.11. The number of rotatable bonds is 2. The van der Waals surface area contributed by atoms with Crippen LogP contribution in [0, 0.1) is 17.2 Å². The molecule has 0 aromatic heterocycles. The van der Waals surface area contributed by atoms with Crippen LogP contribution in [0.3, 0.4) is 0 Å². The van der Waals surface area contributed by atoms with Crippen LogP contribution in [0.2, 0.25) is 0 Å².